The van der Waals surface area contributed by atoms with Gasteiger partial charge in [0.15, 0.2) is 5.82 Å². The van der Waals surface area contributed by atoms with Crippen molar-refractivity contribution in [3.63, 3.8) is 0 Å². The Balaban J connectivity index is 1.54. The van der Waals surface area contributed by atoms with Gasteiger partial charge in [0.05, 0.1) is 17.5 Å². The van der Waals surface area contributed by atoms with E-state index < -0.39 is 0 Å². The van der Waals surface area contributed by atoms with Crippen LogP contribution in [0.3, 0.4) is 0 Å². The molecule has 0 aliphatic carbocycles. The third-order valence-electron chi connectivity index (χ3n) is 6.52. The lowest BCUT2D eigenvalue weighted by molar-refractivity contribution is -0.129. The standard InChI is InChI=1S/C26H31N7O2/c1-17-6-7-22(19(3)23(17)14-35-16-34)24-13-32(15-26(4,5)30-24)12-21-11-29-33(31-21)25-8-18(2)20(9-27)10-28-25/h6-8,10-11,16,24,30H,12-15H2,1-5H3. The third-order valence-corrected chi connectivity index (χ3v) is 6.52. The smallest absolute Gasteiger partial charge is 0.293 e. The summed E-state index contributed by atoms with van der Waals surface area (Å²) in [5, 5.41) is 22.0. The first kappa shape index (κ1) is 24.5. The van der Waals surface area contributed by atoms with Crippen LogP contribution in [-0.4, -0.2) is 50.0 Å². The van der Waals surface area contributed by atoms with E-state index in [1.165, 1.54) is 10.4 Å². The van der Waals surface area contributed by atoms with Gasteiger partial charge in [0, 0.05) is 37.4 Å². The molecule has 0 amide bonds. The number of pyridine rings is 1. The number of benzene rings is 1. The number of ether oxygens (including phenoxy) is 1. The van der Waals surface area contributed by atoms with Gasteiger partial charge in [0.25, 0.3) is 6.47 Å². The topological polar surface area (TPSA) is 109 Å². The highest BCUT2D eigenvalue weighted by Crippen LogP contribution is 2.30. The summed E-state index contributed by atoms with van der Waals surface area (Å²) >= 11 is 0. The molecule has 9 nitrogen and oxygen atoms in total. The van der Waals surface area contributed by atoms with E-state index >= 15 is 0 Å². The number of hydrogen-bond donors (Lipinski definition) is 1. The summed E-state index contributed by atoms with van der Waals surface area (Å²) in [7, 11) is 0. The van der Waals surface area contributed by atoms with Gasteiger partial charge >= 0.3 is 0 Å². The van der Waals surface area contributed by atoms with Crippen LogP contribution in [0.2, 0.25) is 0 Å². The monoisotopic (exact) mass is 473 g/mol. The van der Waals surface area contributed by atoms with E-state index in [9.17, 15) is 4.79 Å². The predicted molar refractivity (Wildman–Crippen MR) is 131 cm³/mol. The predicted octanol–water partition coefficient (Wildman–Crippen LogP) is 3.06. The number of piperazine rings is 1. The normalized spacial score (nSPS) is 17.7. The van der Waals surface area contributed by atoms with Gasteiger partial charge in [-0.05, 0) is 68.5 Å². The number of nitrogens with zero attached hydrogens (tertiary/aromatic N) is 6. The number of rotatable bonds is 7. The Hall–Kier alpha value is -3.61. The molecular formula is C26H31N7O2. The number of carbonyl (C=O) groups is 1. The van der Waals surface area contributed by atoms with Crippen LogP contribution in [0.5, 0.6) is 0 Å². The molecule has 1 unspecified atom stereocenters. The van der Waals surface area contributed by atoms with Gasteiger partial charge in [-0.3, -0.25) is 9.69 Å². The Morgan fingerprint density at radius 1 is 1.26 bits per heavy atom. The van der Waals surface area contributed by atoms with Crippen LogP contribution in [0, 0.1) is 32.1 Å². The van der Waals surface area contributed by atoms with E-state index in [4.69, 9.17) is 10.00 Å². The zero-order valence-corrected chi connectivity index (χ0v) is 20.9. The molecule has 1 saturated heterocycles. The molecule has 0 saturated carbocycles. The van der Waals surface area contributed by atoms with Gasteiger partial charge in [-0.2, -0.15) is 15.5 Å². The zero-order chi connectivity index (χ0) is 25.2. The average molecular weight is 474 g/mol. The van der Waals surface area contributed by atoms with Crippen molar-refractivity contribution in [1.29, 1.82) is 5.26 Å². The van der Waals surface area contributed by atoms with Crippen molar-refractivity contribution in [3.8, 4) is 11.9 Å². The largest absolute Gasteiger partial charge is 0.463 e. The summed E-state index contributed by atoms with van der Waals surface area (Å²) in [5.74, 6) is 0.589. The van der Waals surface area contributed by atoms with Crippen LogP contribution in [0.15, 0.2) is 30.6 Å². The molecule has 1 atom stereocenters. The number of nitriles is 1. The summed E-state index contributed by atoms with van der Waals surface area (Å²) in [6.45, 7) is 13.5. The number of carbonyl (C=O) groups excluding carboxylic acids is 1. The zero-order valence-electron chi connectivity index (χ0n) is 20.9. The van der Waals surface area contributed by atoms with E-state index in [2.05, 4.69) is 64.4 Å². The minimum absolute atomic E-state index is 0.110. The van der Waals surface area contributed by atoms with E-state index in [1.54, 1.807) is 12.4 Å². The van der Waals surface area contributed by atoms with E-state index in [0.29, 0.717) is 24.4 Å². The van der Waals surface area contributed by atoms with E-state index in [0.717, 1.165) is 41.0 Å². The first-order valence-corrected chi connectivity index (χ1v) is 11.6. The maximum absolute atomic E-state index is 10.8. The van der Waals surface area contributed by atoms with Crippen molar-refractivity contribution in [2.75, 3.05) is 13.1 Å². The molecule has 3 heterocycles. The second-order valence-electron chi connectivity index (χ2n) is 9.83. The van der Waals surface area contributed by atoms with Gasteiger partial charge in [-0.1, -0.05) is 12.1 Å². The lowest BCUT2D eigenvalue weighted by atomic mass is 9.89. The highest BCUT2D eigenvalue weighted by molar-refractivity contribution is 5.44. The Labute approximate surface area is 205 Å². The summed E-state index contributed by atoms with van der Waals surface area (Å²) in [5.41, 5.74) is 6.65. The second kappa shape index (κ2) is 9.94. The van der Waals surface area contributed by atoms with Crippen molar-refractivity contribution in [1.82, 2.24) is 30.2 Å². The van der Waals surface area contributed by atoms with Crippen molar-refractivity contribution < 1.29 is 9.53 Å². The summed E-state index contributed by atoms with van der Waals surface area (Å²) in [6, 6.07) is 8.33. The van der Waals surface area contributed by atoms with Gasteiger partial charge < -0.3 is 10.1 Å². The van der Waals surface area contributed by atoms with Crippen LogP contribution in [0.1, 0.15) is 59.0 Å². The lowest BCUT2D eigenvalue weighted by Crippen LogP contribution is -2.58. The molecular weight excluding hydrogens is 442 g/mol. The Bertz CT molecular complexity index is 1280. The van der Waals surface area contributed by atoms with Gasteiger partial charge in [0.1, 0.15) is 12.7 Å². The van der Waals surface area contributed by atoms with Crippen LogP contribution in [-0.2, 0) is 22.7 Å². The molecule has 9 heteroatoms. The molecule has 35 heavy (non-hydrogen) atoms. The summed E-state index contributed by atoms with van der Waals surface area (Å²) < 4.78 is 5.07. The summed E-state index contributed by atoms with van der Waals surface area (Å²) in [4.78, 5) is 19.0. The van der Waals surface area contributed by atoms with Crippen LogP contribution in [0.25, 0.3) is 5.82 Å². The number of nitrogens with one attached hydrogen (secondary N) is 1. The van der Waals surface area contributed by atoms with Crippen molar-refractivity contribution in [3.05, 3.63) is 69.7 Å². The Morgan fingerprint density at radius 3 is 2.77 bits per heavy atom. The fraction of sp³-hybridized carbons (Fsp3) is 0.423. The maximum atomic E-state index is 10.8. The molecule has 0 radical (unpaired) electrons. The van der Waals surface area contributed by atoms with E-state index in [1.807, 2.05) is 19.9 Å². The van der Waals surface area contributed by atoms with Crippen LogP contribution >= 0.6 is 0 Å². The van der Waals surface area contributed by atoms with Crippen molar-refractivity contribution in [2.45, 2.75) is 59.4 Å². The van der Waals surface area contributed by atoms with Crippen LogP contribution < -0.4 is 5.32 Å². The number of aryl methyl sites for hydroxylation is 2. The molecule has 2 aromatic heterocycles. The highest BCUT2D eigenvalue weighted by Gasteiger charge is 2.34. The fourth-order valence-electron chi connectivity index (χ4n) is 4.84. The number of aromatic nitrogens is 4. The molecule has 1 aliphatic rings. The third kappa shape index (κ3) is 5.39. The first-order chi connectivity index (χ1) is 16.7. The molecule has 1 fully saturated rings. The fourth-order valence-corrected chi connectivity index (χ4v) is 4.84. The molecule has 182 valence electrons. The second-order valence-corrected chi connectivity index (χ2v) is 9.83. The minimum atomic E-state index is -0.110. The van der Waals surface area contributed by atoms with Gasteiger partial charge in [-0.25, -0.2) is 4.98 Å². The van der Waals surface area contributed by atoms with Crippen molar-refractivity contribution >= 4 is 6.47 Å². The molecule has 0 bridgehead atoms. The van der Waals surface area contributed by atoms with Gasteiger partial charge in [0.2, 0.25) is 0 Å². The van der Waals surface area contributed by atoms with E-state index in [-0.39, 0.29) is 18.2 Å². The molecule has 1 aliphatic heterocycles. The minimum Gasteiger partial charge on any atom is -0.463 e. The SMILES string of the molecule is Cc1cc(-n2ncc(CN3CC(c4ccc(C)c(COC=O)c4C)NC(C)(C)C3)n2)ncc1C#N. The lowest BCUT2D eigenvalue weighted by Gasteiger charge is -2.44. The Kier molecular flexibility index (Phi) is 6.96. The molecule has 0 spiro atoms. The van der Waals surface area contributed by atoms with Crippen LogP contribution in [0.4, 0.5) is 0 Å². The highest BCUT2D eigenvalue weighted by atomic mass is 16.5. The Morgan fingerprint density at radius 2 is 2.06 bits per heavy atom. The molecule has 4 rings (SSSR count). The quantitative estimate of drug-likeness (QED) is 0.522. The molecule has 3 aromatic rings. The van der Waals surface area contributed by atoms with Gasteiger partial charge in [-0.15, -0.1) is 4.80 Å². The maximum Gasteiger partial charge on any atom is 0.293 e. The molecule has 1 aromatic carbocycles. The average Bonchev–Trinajstić information content (AvgIpc) is 3.26. The van der Waals surface area contributed by atoms with Crippen molar-refractivity contribution in [2.24, 2.45) is 0 Å². The number of hydrogen-bond acceptors (Lipinski definition) is 8. The summed E-state index contributed by atoms with van der Waals surface area (Å²) in [6.07, 6.45) is 3.32. The first-order valence-electron chi connectivity index (χ1n) is 11.6. The molecule has 1 N–H and O–H groups in total.